The van der Waals surface area contributed by atoms with E-state index in [2.05, 4.69) is 15.9 Å². The lowest BCUT2D eigenvalue weighted by atomic mass is 9.89. The summed E-state index contributed by atoms with van der Waals surface area (Å²) in [5.41, 5.74) is 2.39. The molecular weight excluding hydrogens is 338 g/mol. The molecule has 1 amide bonds. The molecule has 4 heterocycles. The number of hydrogen-bond donors (Lipinski definition) is 0. The van der Waals surface area contributed by atoms with Crippen molar-refractivity contribution in [3.8, 4) is 5.88 Å². The molecule has 0 aromatic carbocycles. The second kappa shape index (κ2) is 7.42. The van der Waals surface area contributed by atoms with Crippen molar-refractivity contribution in [1.29, 1.82) is 0 Å². The van der Waals surface area contributed by atoms with E-state index in [9.17, 15) is 4.79 Å². The maximum absolute atomic E-state index is 12.2. The molecule has 5 nitrogen and oxygen atoms in total. The number of amides is 1. The van der Waals surface area contributed by atoms with Crippen LogP contribution in [0.25, 0.3) is 0 Å². The third-order valence-corrected chi connectivity index (χ3v) is 7.10. The molecule has 3 aliphatic heterocycles. The van der Waals surface area contributed by atoms with Crippen LogP contribution in [-0.2, 0) is 11.2 Å². The van der Waals surface area contributed by atoms with E-state index < -0.39 is 0 Å². The molecular formula is C22H31N3O2. The first-order valence-electron chi connectivity index (χ1n) is 11.0. The predicted molar refractivity (Wildman–Crippen MR) is 104 cm³/mol. The molecule has 0 N–H and O–H groups in total. The Morgan fingerprint density at radius 2 is 1.74 bits per heavy atom. The maximum Gasteiger partial charge on any atom is 0.223 e. The van der Waals surface area contributed by atoms with E-state index in [0.717, 1.165) is 56.3 Å². The Morgan fingerprint density at radius 1 is 0.926 bits per heavy atom. The van der Waals surface area contributed by atoms with Crippen LogP contribution in [0.5, 0.6) is 5.88 Å². The van der Waals surface area contributed by atoms with Crippen molar-refractivity contribution >= 4 is 5.91 Å². The van der Waals surface area contributed by atoms with E-state index >= 15 is 0 Å². The van der Waals surface area contributed by atoms with E-state index in [1.54, 1.807) is 0 Å². The molecule has 5 rings (SSSR count). The first-order valence-corrected chi connectivity index (χ1v) is 11.0. The lowest BCUT2D eigenvalue weighted by Crippen LogP contribution is -2.43. The van der Waals surface area contributed by atoms with Crippen molar-refractivity contribution in [2.75, 3.05) is 19.6 Å². The number of rotatable bonds is 3. The van der Waals surface area contributed by atoms with Crippen molar-refractivity contribution in [3.05, 3.63) is 23.4 Å². The first-order chi connectivity index (χ1) is 13.3. The standard InChI is InChI=1S/C22H31N3O2/c26-22-7-3-6-20-18-8-9-21(23-19(18)12-15-25(20)22)27-17-10-13-24(14-11-17)16-4-1-2-5-16/h8-9,16-17,20H,1-7,10-15H2. The highest BCUT2D eigenvalue weighted by molar-refractivity contribution is 5.78. The van der Waals surface area contributed by atoms with Gasteiger partial charge >= 0.3 is 0 Å². The van der Waals surface area contributed by atoms with Gasteiger partial charge in [0.05, 0.1) is 11.7 Å². The lowest BCUT2D eigenvalue weighted by Gasteiger charge is -2.40. The average Bonchev–Trinajstić information content (AvgIpc) is 3.23. The summed E-state index contributed by atoms with van der Waals surface area (Å²) in [5.74, 6) is 1.09. The minimum atomic E-state index is 0.242. The summed E-state index contributed by atoms with van der Waals surface area (Å²) in [6, 6.07) is 5.27. The SMILES string of the molecule is O=C1CCCC2c3ccc(OC4CCN(C5CCCC5)CC4)nc3CCN12. The number of carbonyl (C=O) groups excluding carboxylic acids is 1. The number of carbonyl (C=O) groups is 1. The predicted octanol–water partition coefficient (Wildman–Crippen LogP) is 3.48. The summed E-state index contributed by atoms with van der Waals surface area (Å²) in [6.07, 6.45) is 11.7. The highest BCUT2D eigenvalue weighted by Crippen LogP contribution is 2.37. The number of likely N-dealkylation sites (tertiary alicyclic amines) is 1. The molecule has 3 fully saturated rings. The number of aromatic nitrogens is 1. The fraction of sp³-hybridized carbons (Fsp3) is 0.727. The Labute approximate surface area is 162 Å². The zero-order valence-corrected chi connectivity index (χ0v) is 16.2. The molecule has 0 spiro atoms. The van der Waals surface area contributed by atoms with Crippen LogP contribution in [0.1, 0.15) is 75.1 Å². The molecule has 2 saturated heterocycles. The Hall–Kier alpha value is -1.62. The van der Waals surface area contributed by atoms with E-state index in [0.29, 0.717) is 18.4 Å². The van der Waals surface area contributed by atoms with Crippen LogP contribution in [0.15, 0.2) is 12.1 Å². The van der Waals surface area contributed by atoms with E-state index in [1.807, 2.05) is 6.07 Å². The van der Waals surface area contributed by atoms with Gasteiger partial charge in [-0.1, -0.05) is 12.8 Å². The third kappa shape index (κ3) is 3.46. The van der Waals surface area contributed by atoms with Crippen LogP contribution in [-0.4, -0.2) is 52.5 Å². The Balaban J connectivity index is 1.22. The van der Waals surface area contributed by atoms with Crippen LogP contribution in [0.4, 0.5) is 0 Å². The fourth-order valence-electron chi connectivity index (χ4n) is 5.61. The number of piperidine rings is 2. The largest absolute Gasteiger partial charge is 0.474 e. The van der Waals surface area contributed by atoms with Crippen LogP contribution < -0.4 is 4.74 Å². The molecule has 146 valence electrons. The van der Waals surface area contributed by atoms with Gasteiger partial charge in [0.2, 0.25) is 11.8 Å². The van der Waals surface area contributed by atoms with Crippen LogP contribution >= 0.6 is 0 Å². The first kappa shape index (κ1) is 17.5. The van der Waals surface area contributed by atoms with Crippen LogP contribution in [0.3, 0.4) is 0 Å². The lowest BCUT2D eigenvalue weighted by molar-refractivity contribution is -0.137. The summed E-state index contributed by atoms with van der Waals surface area (Å²) in [5, 5.41) is 0. The van der Waals surface area contributed by atoms with Crippen LogP contribution in [0, 0.1) is 0 Å². The number of fused-ring (bicyclic) bond motifs is 3. The number of ether oxygens (including phenoxy) is 1. The molecule has 1 unspecified atom stereocenters. The second-order valence-electron chi connectivity index (χ2n) is 8.72. The van der Waals surface area contributed by atoms with Gasteiger partial charge in [-0.15, -0.1) is 0 Å². The fourth-order valence-corrected chi connectivity index (χ4v) is 5.61. The van der Waals surface area contributed by atoms with Gasteiger partial charge in [0.15, 0.2) is 0 Å². The van der Waals surface area contributed by atoms with Gasteiger partial charge in [0, 0.05) is 44.6 Å². The Kier molecular flexibility index (Phi) is 4.80. The van der Waals surface area contributed by atoms with Crippen molar-refractivity contribution < 1.29 is 9.53 Å². The quantitative estimate of drug-likeness (QED) is 0.818. The molecule has 1 aromatic heterocycles. The van der Waals surface area contributed by atoms with E-state index in [4.69, 9.17) is 9.72 Å². The third-order valence-electron chi connectivity index (χ3n) is 7.10. The highest BCUT2D eigenvalue weighted by Gasteiger charge is 2.34. The monoisotopic (exact) mass is 369 g/mol. The molecule has 1 aromatic rings. The molecule has 1 atom stereocenters. The van der Waals surface area contributed by atoms with E-state index in [1.165, 1.54) is 44.3 Å². The van der Waals surface area contributed by atoms with Gasteiger partial charge in [-0.2, -0.15) is 0 Å². The Bertz CT molecular complexity index is 693. The summed E-state index contributed by atoms with van der Waals surface area (Å²) in [6.45, 7) is 3.14. The number of pyridine rings is 1. The summed E-state index contributed by atoms with van der Waals surface area (Å²) in [7, 11) is 0. The van der Waals surface area contributed by atoms with Crippen molar-refractivity contribution in [3.63, 3.8) is 0 Å². The van der Waals surface area contributed by atoms with Gasteiger partial charge in [0.1, 0.15) is 6.10 Å². The minimum Gasteiger partial charge on any atom is -0.474 e. The number of nitrogens with zero attached hydrogens (tertiary/aromatic N) is 3. The minimum absolute atomic E-state index is 0.242. The second-order valence-corrected chi connectivity index (χ2v) is 8.72. The van der Waals surface area contributed by atoms with Crippen molar-refractivity contribution in [2.24, 2.45) is 0 Å². The molecule has 4 aliphatic rings. The zero-order chi connectivity index (χ0) is 18.2. The molecule has 0 bridgehead atoms. The average molecular weight is 370 g/mol. The molecule has 27 heavy (non-hydrogen) atoms. The van der Waals surface area contributed by atoms with Gasteiger partial charge in [-0.3, -0.25) is 4.79 Å². The molecule has 1 aliphatic carbocycles. The topological polar surface area (TPSA) is 45.7 Å². The summed E-state index contributed by atoms with van der Waals surface area (Å²) in [4.78, 5) is 21.8. The normalized spacial score (nSPS) is 27.5. The smallest absolute Gasteiger partial charge is 0.223 e. The number of hydrogen-bond acceptors (Lipinski definition) is 4. The van der Waals surface area contributed by atoms with Gasteiger partial charge in [-0.25, -0.2) is 4.98 Å². The summed E-state index contributed by atoms with van der Waals surface area (Å²) >= 11 is 0. The summed E-state index contributed by atoms with van der Waals surface area (Å²) < 4.78 is 6.27. The van der Waals surface area contributed by atoms with Gasteiger partial charge in [0.25, 0.3) is 0 Å². The van der Waals surface area contributed by atoms with E-state index in [-0.39, 0.29) is 6.04 Å². The van der Waals surface area contributed by atoms with Crippen LogP contribution in [0.2, 0.25) is 0 Å². The van der Waals surface area contributed by atoms with Gasteiger partial charge in [-0.05, 0) is 50.2 Å². The zero-order valence-electron chi connectivity index (χ0n) is 16.2. The van der Waals surface area contributed by atoms with Crippen molar-refractivity contribution in [1.82, 2.24) is 14.8 Å². The molecule has 1 saturated carbocycles. The highest BCUT2D eigenvalue weighted by atomic mass is 16.5. The van der Waals surface area contributed by atoms with Gasteiger partial charge < -0.3 is 14.5 Å². The Morgan fingerprint density at radius 3 is 2.56 bits per heavy atom. The van der Waals surface area contributed by atoms with Crippen molar-refractivity contribution in [2.45, 2.75) is 82.4 Å². The molecule has 5 heteroatoms. The maximum atomic E-state index is 12.2. The molecule has 0 radical (unpaired) electrons.